The van der Waals surface area contributed by atoms with Crippen molar-refractivity contribution in [3.63, 3.8) is 0 Å². The van der Waals surface area contributed by atoms with Crippen molar-refractivity contribution in [2.24, 2.45) is 5.73 Å². The van der Waals surface area contributed by atoms with Crippen LogP contribution < -0.4 is 11.1 Å². The summed E-state index contributed by atoms with van der Waals surface area (Å²) >= 11 is 0. The van der Waals surface area contributed by atoms with Crippen LogP contribution in [0.4, 0.5) is 0 Å². The highest BCUT2D eigenvalue weighted by Gasteiger charge is 2.12. The van der Waals surface area contributed by atoms with Gasteiger partial charge in [-0.05, 0) is 43.2 Å². The van der Waals surface area contributed by atoms with Crippen LogP contribution >= 0.6 is 0 Å². The SMILES string of the molecule is Cc1cc2cc(C(=O)NCCN)oc2cc1C. The number of furan rings is 1. The van der Waals surface area contributed by atoms with Crippen LogP contribution in [0.5, 0.6) is 0 Å². The number of benzene rings is 1. The fourth-order valence-electron chi connectivity index (χ4n) is 1.69. The highest BCUT2D eigenvalue weighted by atomic mass is 16.3. The summed E-state index contributed by atoms with van der Waals surface area (Å²) in [4.78, 5) is 11.7. The second-order valence-corrected chi connectivity index (χ2v) is 4.13. The second kappa shape index (κ2) is 4.59. The number of amides is 1. The molecule has 0 aliphatic carbocycles. The average Bonchev–Trinajstić information content (AvgIpc) is 2.69. The topological polar surface area (TPSA) is 68.3 Å². The van der Waals surface area contributed by atoms with Gasteiger partial charge in [0, 0.05) is 18.5 Å². The predicted octanol–water partition coefficient (Wildman–Crippen LogP) is 1.74. The summed E-state index contributed by atoms with van der Waals surface area (Å²) in [5.74, 6) is 0.111. The molecule has 1 amide bonds. The summed E-state index contributed by atoms with van der Waals surface area (Å²) in [5.41, 5.74) is 8.41. The van der Waals surface area contributed by atoms with Crippen molar-refractivity contribution in [2.75, 3.05) is 13.1 Å². The van der Waals surface area contributed by atoms with Crippen molar-refractivity contribution < 1.29 is 9.21 Å². The summed E-state index contributed by atoms with van der Waals surface area (Å²) in [7, 11) is 0. The smallest absolute Gasteiger partial charge is 0.287 e. The minimum atomic E-state index is -0.220. The van der Waals surface area contributed by atoms with E-state index in [0.29, 0.717) is 18.8 Å². The van der Waals surface area contributed by atoms with E-state index in [9.17, 15) is 4.79 Å². The number of carbonyl (C=O) groups is 1. The summed E-state index contributed by atoms with van der Waals surface area (Å²) < 4.78 is 5.51. The van der Waals surface area contributed by atoms with Gasteiger partial charge in [-0.25, -0.2) is 0 Å². The van der Waals surface area contributed by atoms with Gasteiger partial charge < -0.3 is 15.5 Å². The van der Waals surface area contributed by atoms with E-state index in [2.05, 4.69) is 5.32 Å². The molecule has 1 aromatic carbocycles. The Kier molecular flexibility index (Phi) is 3.15. The molecule has 0 saturated heterocycles. The molecule has 1 heterocycles. The molecule has 4 nitrogen and oxygen atoms in total. The Morgan fingerprint density at radius 2 is 2.00 bits per heavy atom. The van der Waals surface area contributed by atoms with Crippen molar-refractivity contribution >= 4 is 16.9 Å². The van der Waals surface area contributed by atoms with Gasteiger partial charge in [0.15, 0.2) is 5.76 Å². The first-order chi connectivity index (χ1) is 8.11. The molecule has 0 fully saturated rings. The number of fused-ring (bicyclic) bond motifs is 1. The number of nitrogens with two attached hydrogens (primary N) is 1. The Labute approximate surface area is 99.8 Å². The van der Waals surface area contributed by atoms with Crippen LogP contribution in [-0.2, 0) is 0 Å². The van der Waals surface area contributed by atoms with Gasteiger partial charge in [-0.2, -0.15) is 0 Å². The normalized spacial score (nSPS) is 10.8. The highest BCUT2D eigenvalue weighted by Crippen LogP contribution is 2.23. The van der Waals surface area contributed by atoms with Crippen molar-refractivity contribution in [2.45, 2.75) is 13.8 Å². The monoisotopic (exact) mass is 232 g/mol. The van der Waals surface area contributed by atoms with E-state index >= 15 is 0 Å². The van der Waals surface area contributed by atoms with E-state index in [-0.39, 0.29) is 5.91 Å². The third-order valence-corrected chi connectivity index (χ3v) is 2.79. The first kappa shape index (κ1) is 11.7. The number of carbonyl (C=O) groups excluding carboxylic acids is 1. The van der Waals surface area contributed by atoms with Crippen molar-refractivity contribution in [1.29, 1.82) is 0 Å². The zero-order valence-corrected chi connectivity index (χ0v) is 10.0. The van der Waals surface area contributed by atoms with E-state index in [4.69, 9.17) is 10.2 Å². The van der Waals surface area contributed by atoms with Crippen molar-refractivity contribution in [3.8, 4) is 0 Å². The zero-order chi connectivity index (χ0) is 12.4. The molecular formula is C13H16N2O2. The van der Waals surface area contributed by atoms with Gasteiger partial charge in [0.05, 0.1) is 0 Å². The lowest BCUT2D eigenvalue weighted by molar-refractivity contribution is 0.0929. The van der Waals surface area contributed by atoms with Gasteiger partial charge >= 0.3 is 0 Å². The highest BCUT2D eigenvalue weighted by molar-refractivity contribution is 5.96. The molecule has 0 radical (unpaired) electrons. The Hall–Kier alpha value is -1.81. The number of hydrogen-bond acceptors (Lipinski definition) is 3. The lowest BCUT2D eigenvalue weighted by Gasteiger charge is -1.98. The number of nitrogens with one attached hydrogen (secondary N) is 1. The molecule has 2 rings (SSSR count). The Morgan fingerprint density at radius 1 is 1.29 bits per heavy atom. The molecule has 17 heavy (non-hydrogen) atoms. The Bertz CT molecular complexity index is 519. The second-order valence-electron chi connectivity index (χ2n) is 4.13. The van der Waals surface area contributed by atoms with Crippen molar-refractivity contribution in [1.82, 2.24) is 5.32 Å². The summed E-state index contributed by atoms with van der Waals surface area (Å²) in [6.07, 6.45) is 0. The van der Waals surface area contributed by atoms with Gasteiger partial charge in [0.25, 0.3) is 5.91 Å². The van der Waals surface area contributed by atoms with Crippen LogP contribution in [0.1, 0.15) is 21.7 Å². The molecule has 0 aliphatic rings. The summed E-state index contributed by atoms with van der Waals surface area (Å²) in [6.45, 7) is 4.93. The standard InChI is InChI=1S/C13H16N2O2/c1-8-5-10-7-12(13(16)15-4-3-14)17-11(10)6-9(8)2/h5-7H,3-4,14H2,1-2H3,(H,15,16). The van der Waals surface area contributed by atoms with E-state index in [0.717, 1.165) is 16.5 Å². The molecule has 4 heteroatoms. The fraction of sp³-hybridized carbons (Fsp3) is 0.308. The van der Waals surface area contributed by atoms with Crippen LogP contribution in [0, 0.1) is 13.8 Å². The minimum Gasteiger partial charge on any atom is -0.451 e. The van der Waals surface area contributed by atoms with Gasteiger partial charge in [-0.15, -0.1) is 0 Å². The fourth-order valence-corrected chi connectivity index (χ4v) is 1.69. The van der Waals surface area contributed by atoms with Gasteiger partial charge in [0.1, 0.15) is 5.58 Å². The van der Waals surface area contributed by atoms with E-state index in [1.807, 2.05) is 26.0 Å². The molecule has 0 bridgehead atoms. The molecule has 3 N–H and O–H groups in total. The van der Waals surface area contributed by atoms with E-state index in [1.54, 1.807) is 6.07 Å². The summed E-state index contributed by atoms with van der Waals surface area (Å²) in [5, 5.41) is 3.63. The quantitative estimate of drug-likeness (QED) is 0.847. The molecule has 0 atom stereocenters. The van der Waals surface area contributed by atoms with Crippen LogP contribution in [0.3, 0.4) is 0 Å². The Morgan fingerprint density at radius 3 is 2.71 bits per heavy atom. The summed E-state index contributed by atoms with van der Waals surface area (Å²) in [6, 6.07) is 5.73. The molecule has 0 unspecified atom stereocenters. The third-order valence-electron chi connectivity index (χ3n) is 2.79. The lowest BCUT2D eigenvalue weighted by atomic mass is 10.1. The predicted molar refractivity (Wildman–Crippen MR) is 67.1 cm³/mol. The average molecular weight is 232 g/mol. The number of aryl methyl sites for hydroxylation is 2. The van der Waals surface area contributed by atoms with Crippen LogP contribution in [0.25, 0.3) is 11.0 Å². The van der Waals surface area contributed by atoms with Crippen molar-refractivity contribution in [3.05, 3.63) is 35.1 Å². The zero-order valence-electron chi connectivity index (χ0n) is 10.0. The minimum absolute atomic E-state index is 0.220. The molecule has 0 aliphatic heterocycles. The molecule has 1 aromatic heterocycles. The van der Waals surface area contributed by atoms with Gasteiger partial charge in [-0.1, -0.05) is 0 Å². The van der Waals surface area contributed by atoms with Crippen LogP contribution in [0.15, 0.2) is 22.6 Å². The number of rotatable bonds is 3. The maximum atomic E-state index is 11.7. The maximum Gasteiger partial charge on any atom is 0.287 e. The first-order valence-corrected chi connectivity index (χ1v) is 5.61. The van der Waals surface area contributed by atoms with E-state index in [1.165, 1.54) is 5.56 Å². The number of hydrogen-bond donors (Lipinski definition) is 2. The van der Waals surface area contributed by atoms with E-state index < -0.39 is 0 Å². The van der Waals surface area contributed by atoms with Gasteiger partial charge in [0.2, 0.25) is 0 Å². The lowest BCUT2D eigenvalue weighted by Crippen LogP contribution is -2.28. The van der Waals surface area contributed by atoms with Crippen LogP contribution in [-0.4, -0.2) is 19.0 Å². The molecule has 90 valence electrons. The molecule has 2 aromatic rings. The molecular weight excluding hydrogens is 216 g/mol. The Balaban J connectivity index is 2.34. The first-order valence-electron chi connectivity index (χ1n) is 5.61. The molecule has 0 saturated carbocycles. The molecule has 0 spiro atoms. The van der Waals surface area contributed by atoms with Crippen LogP contribution in [0.2, 0.25) is 0 Å². The maximum absolute atomic E-state index is 11.7. The largest absolute Gasteiger partial charge is 0.451 e. The third kappa shape index (κ3) is 2.31. The van der Waals surface area contributed by atoms with Gasteiger partial charge in [-0.3, -0.25) is 4.79 Å².